The van der Waals surface area contributed by atoms with Gasteiger partial charge in [0.2, 0.25) is 0 Å². The van der Waals surface area contributed by atoms with Gasteiger partial charge in [-0.05, 0) is 36.4 Å². The molecule has 9 nitrogen and oxygen atoms in total. The van der Waals surface area contributed by atoms with Gasteiger partial charge in [-0.25, -0.2) is 0 Å². The van der Waals surface area contributed by atoms with Crippen LogP contribution >= 0.6 is 0 Å². The third-order valence-electron chi connectivity index (χ3n) is 3.33. The van der Waals surface area contributed by atoms with Crippen molar-refractivity contribution >= 4 is 31.6 Å². The van der Waals surface area contributed by atoms with Crippen LogP contribution in [0.1, 0.15) is 6.42 Å². The average molecular weight is 361 g/mol. The third kappa shape index (κ3) is 3.03. The first-order valence-corrected chi connectivity index (χ1v) is 9.09. The van der Waals surface area contributed by atoms with Gasteiger partial charge in [-0.3, -0.25) is 9.11 Å². The van der Waals surface area contributed by atoms with E-state index in [1.807, 2.05) is 0 Å². The standard InChI is InChI=1S/C12H15N3O6S2/c13-8-1-4-10(5-2-8)15-11-6-3-9(14)7-12(11,22(16,17)18)23(19,20)21/h1-6,15H,7,13-14H2,(H,16,17,18)(H,19,20,21). The molecule has 0 saturated heterocycles. The van der Waals surface area contributed by atoms with Crippen LogP contribution in [0.15, 0.2) is 47.8 Å². The first-order valence-electron chi connectivity index (χ1n) is 6.21. The topological polar surface area (TPSA) is 173 Å². The van der Waals surface area contributed by atoms with Crippen LogP contribution in [0.2, 0.25) is 0 Å². The van der Waals surface area contributed by atoms with Crippen LogP contribution < -0.4 is 16.8 Å². The number of hydrogen-bond donors (Lipinski definition) is 5. The fourth-order valence-electron chi connectivity index (χ4n) is 2.19. The summed E-state index contributed by atoms with van der Waals surface area (Å²) in [5.41, 5.74) is 11.2. The molecule has 0 bridgehead atoms. The minimum Gasteiger partial charge on any atom is -0.402 e. The van der Waals surface area contributed by atoms with Gasteiger partial charge in [0, 0.05) is 23.5 Å². The number of nitrogens with one attached hydrogen (secondary N) is 1. The predicted octanol–water partition coefficient (Wildman–Crippen LogP) is 0.283. The Hall–Kier alpha value is -2.08. The van der Waals surface area contributed by atoms with E-state index in [9.17, 15) is 25.9 Å². The maximum Gasteiger partial charge on any atom is 0.294 e. The largest absolute Gasteiger partial charge is 0.402 e. The van der Waals surface area contributed by atoms with Gasteiger partial charge in [0.05, 0.1) is 5.70 Å². The molecule has 1 aromatic carbocycles. The van der Waals surface area contributed by atoms with Crippen LogP contribution in [-0.2, 0) is 20.2 Å². The van der Waals surface area contributed by atoms with Crippen molar-refractivity contribution in [3.8, 4) is 0 Å². The summed E-state index contributed by atoms with van der Waals surface area (Å²) in [6, 6.07) is 5.93. The Morgan fingerprint density at radius 2 is 1.48 bits per heavy atom. The van der Waals surface area contributed by atoms with Crippen molar-refractivity contribution in [2.45, 2.75) is 10.5 Å². The number of benzene rings is 1. The lowest BCUT2D eigenvalue weighted by atomic mass is 10.1. The van der Waals surface area contributed by atoms with Crippen LogP contribution in [-0.4, -0.2) is 30.0 Å². The van der Waals surface area contributed by atoms with Gasteiger partial charge >= 0.3 is 0 Å². The van der Waals surface area contributed by atoms with Crippen LogP contribution in [0, 0.1) is 0 Å². The number of rotatable bonds is 4. The van der Waals surface area contributed by atoms with Gasteiger partial charge in [-0.2, -0.15) is 16.8 Å². The van der Waals surface area contributed by atoms with Gasteiger partial charge < -0.3 is 16.8 Å². The molecule has 0 aliphatic heterocycles. The molecule has 1 aliphatic rings. The molecule has 0 amide bonds. The lowest BCUT2D eigenvalue weighted by Crippen LogP contribution is -2.51. The molecule has 2 rings (SSSR count). The Morgan fingerprint density at radius 1 is 0.957 bits per heavy atom. The summed E-state index contributed by atoms with van der Waals surface area (Å²) in [5.74, 6) is 0. The molecule has 126 valence electrons. The lowest BCUT2D eigenvalue weighted by molar-refractivity contribution is 0.431. The van der Waals surface area contributed by atoms with Gasteiger partial charge in [0.25, 0.3) is 24.3 Å². The summed E-state index contributed by atoms with van der Waals surface area (Å²) in [7, 11) is -10.5. The monoisotopic (exact) mass is 361 g/mol. The number of nitrogen functional groups attached to an aromatic ring is 1. The molecule has 0 spiro atoms. The average Bonchev–Trinajstić information content (AvgIpc) is 2.40. The lowest BCUT2D eigenvalue weighted by Gasteiger charge is -2.32. The highest BCUT2D eigenvalue weighted by molar-refractivity contribution is 8.05. The fourth-order valence-corrected chi connectivity index (χ4v) is 4.75. The van der Waals surface area contributed by atoms with Gasteiger partial charge in [0.15, 0.2) is 0 Å². The van der Waals surface area contributed by atoms with E-state index in [0.29, 0.717) is 11.4 Å². The molecule has 0 heterocycles. The van der Waals surface area contributed by atoms with Crippen molar-refractivity contribution in [2.24, 2.45) is 5.73 Å². The second kappa shape index (κ2) is 5.53. The van der Waals surface area contributed by atoms with Crippen LogP contribution in [0.25, 0.3) is 0 Å². The Bertz CT molecular complexity index is 853. The second-order valence-electron chi connectivity index (χ2n) is 4.95. The van der Waals surface area contributed by atoms with Crippen molar-refractivity contribution < 1.29 is 25.9 Å². The molecular formula is C12H15N3O6S2. The first kappa shape index (κ1) is 17.3. The zero-order chi connectivity index (χ0) is 17.5. The van der Waals surface area contributed by atoms with Crippen molar-refractivity contribution in [3.63, 3.8) is 0 Å². The molecule has 1 aliphatic carbocycles. The van der Waals surface area contributed by atoms with Crippen molar-refractivity contribution in [1.29, 1.82) is 0 Å². The summed E-state index contributed by atoms with van der Waals surface area (Å²) in [6.45, 7) is 0. The third-order valence-corrected chi connectivity index (χ3v) is 6.99. The molecule has 7 N–H and O–H groups in total. The second-order valence-corrected chi connectivity index (χ2v) is 8.50. The Morgan fingerprint density at radius 3 is 1.96 bits per heavy atom. The molecule has 0 aromatic heterocycles. The van der Waals surface area contributed by atoms with E-state index in [2.05, 4.69) is 5.32 Å². The summed E-state index contributed by atoms with van der Waals surface area (Å²) in [6.07, 6.45) is 1.52. The molecule has 0 atom stereocenters. The van der Waals surface area contributed by atoms with Crippen LogP contribution in [0.4, 0.5) is 11.4 Å². The molecule has 0 unspecified atom stereocenters. The molecule has 0 radical (unpaired) electrons. The van der Waals surface area contributed by atoms with E-state index in [1.165, 1.54) is 30.3 Å². The van der Waals surface area contributed by atoms with E-state index in [1.54, 1.807) is 0 Å². The maximum atomic E-state index is 11.8. The smallest absolute Gasteiger partial charge is 0.294 e. The van der Waals surface area contributed by atoms with Gasteiger partial charge in [-0.15, -0.1) is 0 Å². The SMILES string of the molecule is NC1=CC=C(Nc2ccc(N)cc2)C(S(=O)(=O)O)(S(=O)(=O)O)C1. The first-order chi connectivity index (χ1) is 10.5. The van der Waals surface area contributed by atoms with Crippen molar-refractivity contribution in [3.05, 3.63) is 47.8 Å². The highest BCUT2D eigenvalue weighted by atomic mass is 32.3. The number of nitrogens with two attached hydrogens (primary N) is 2. The van der Waals surface area contributed by atoms with E-state index in [4.69, 9.17) is 11.5 Å². The quantitative estimate of drug-likeness (QED) is 0.373. The number of hydrogen-bond acceptors (Lipinski definition) is 7. The van der Waals surface area contributed by atoms with E-state index < -0.39 is 36.4 Å². The van der Waals surface area contributed by atoms with Gasteiger partial charge in [0.1, 0.15) is 0 Å². The maximum absolute atomic E-state index is 11.8. The van der Waals surface area contributed by atoms with Crippen LogP contribution in [0.5, 0.6) is 0 Å². The van der Waals surface area contributed by atoms with Crippen LogP contribution in [0.3, 0.4) is 0 Å². The van der Waals surface area contributed by atoms with E-state index in [-0.39, 0.29) is 5.70 Å². The zero-order valence-corrected chi connectivity index (χ0v) is 13.3. The summed E-state index contributed by atoms with van der Waals surface area (Å²) < 4.78 is 63.1. The minimum atomic E-state index is -5.27. The summed E-state index contributed by atoms with van der Waals surface area (Å²) in [5, 5.41) is 2.56. The molecular weight excluding hydrogens is 346 g/mol. The van der Waals surface area contributed by atoms with E-state index >= 15 is 0 Å². The zero-order valence-electron chi connectivity index (χ0n) is 11.7. The Kier molecular flexibility index (Phi) is 4.15. The Labute approximate surface area is 133 Å². The molecule has 1 aromatic rings. The molecule has 0 fully saturated rings. The molecule has 0 saturated carbocycles. The fraction of sp³-hybridized carbons (Fsp3) is 0.167. The minimum absolute atomic E-state index is 0.136. The molecule has 23 heavy (non-hydrogen) atoms. The predicted molar refractivity (Wildman–Crippen MR) is 85.3 cm³/mol. The number of allylic oxidation sites excluding steroid dienone is 3. The van der Waals surface area contributed by atoms with E-state index in [0.717, 1.165) is 6.08 Å². The highest BCUT2D eigenvalue weighted by Gasteiger charge is 2.59. The van der Waals surface area contributed by atoms with Gasteiger partial charge in [-0.1, -0.05) is 0 Å². The summed E-state index contributed by atoms with van der Waals surface area (Å²) >= 11 is 0. The Balaban J connectivity index is 2.63. The normalized spacial score (nSPS) is 18.0. The van der Waals surface area contributed by atoms with Crippen molar-refractivity contribution in [1.82, 2.24) is 0 Å². The number of anilines is 2. The molecule has 11 heteroatoms. The highest BCUT2D eigenvalue weighted by Crippen LogP contribution is 2.39. The van der Waals surface area contributed by atoms with Crippen molar-refractivity contribution in [2.75, 3.05) is 11.1 Å². The summed E-state index contributed by atoms with van der Waals surface area (Å²) in [4.78, 5) is 0.